The predicted octanol–water partition coefficient (Wildman–Crippen LogP) is 4.75. The van der Waals surface area contributed by atoms with Crippen molar-refractivity contribution in [1.29, 1.82) is 0 Å². The quantitative estimate of drug-likeness (QED) is 0.737. The highest BCUT2D eigenvalue weighted by Crippen LogP contribution is 2.56. The normalized spacial score (nSPS) is 26.9. The molecule has 1 amide bonds. The van der Waals surface area contributed by atoms with E-state index in [1.807, 2.05) is 24.3 Å². The molecule has 2 aromatic carbocycles. The Bertz CT molecular complexity index is 820. The number of benzene rings is 2. The van der Waals surface area contributed by atoms with Gasteiger partial charge in [0.25, 0.3) is 5.91 Å². The Balaban J connectivity index is 1.75. The lowest BCUT2D eigenvalue weighted by atomic mass is 9.51. The van der Waals surface area contributed by atoms with Crippen LogP contribution in [0.4, 0.5) is 0 Å². The van der Waals surface area contributed by atoms with E-state index in [2.05, 4.69) is 56.9 Å². The molecule has 2 heteroatoms. The monoisotopic (exact) mass is 333 g/mol. The number of aryl methyl sites for hydroxylation is 1. The number of hydrogen-bond donors (Lipinski definition) is 0. The van der Waals surface area contributed by atoms with Gasteiger partial charge in [-0.3, -0.25) is 4.79 Å². The summed E-state index contributed by atoms with van der Waals surface area (Å²) in [6.45, 7) is 9.99. The van der Waals surface area contributed by atoms with Crippen LogP contribution in [0.5, 0.6) is 0 Å². The van der Waals surface area contributed by atoms with E-state index in [0.717, 1.165) is 24.9 Å². The second kappa shape index (κ2) is 5.45. The number of nitrogens with zero attached hydrogens (tertiary/aromatic N) is 1. The molecule has 0 radical (unpaired) electrons. The molecule has 0 spiro atoms. The van der Waals surface area contributed by atoms with Crippen LogP contribution in [0.2, 0.25) is 0 Å². The summed E-state index contributed by atoms with van der Waals surface area (Å²) in [5, 5.41) is 0. The van der Waals surface area contributed by atoms with Crippen LogP contribution in [-0.2, 0) is 11.8 Å². The maximum absolute atomic E-state index is 13.2. The molecule has 2 nitrogen and oxygen atoms in total. The Labute approximate surface area is 150 Å². The molecular formula is C23H27NO. The third-order valence-electron chi connectivity index (χ3n) is 7.07. The van der Waals surface area contributed by atoms with Gasteiger partial charge in [0, 0.05) is 23.6 Å². The molecule has 0 aromatic heterocycles. The van der Waals surface area contributed by atoms with Gasteiger partial charge in [-0.2, -0.15) is 0 Å². The molecule has 1 saturated heterocycles. The number of likely N-dealkylation sites (tertiary alicyclic amines) is 1. The summed E-state index contributed by atoms with van der Waals surface area (Å²) >= 11 is 0. The molecule has 2 atom stereocenters. The van der Waals surface area contributed by atoms with Crippen LogP contribution in [0.15, 0.2) is 48.5 Å². The van der Waals surface area contributed by atoms with Gasteiger partial charge in [0.1, 0.15) is 0 Å². The highest BCUT2D eigenvalue weighted by atomic mass is 16.2. The van der Waals surface area contributed by atoms with Crippen LogP contribution in [-0.4, -0.2) is 23.4 Å². The van der Waals surface area contributed by atoms with E-state index in [1.165, 1.54) is 16.7 Å². The van der Waals surface area contributed by atoms with Crippen LogP contribution < -0.4 is 0 Å². The number of hydrogen-bond acceptors (Lipinski definition) is 1. The van der Waals surface area contributed by atoms with Crippen molar-refractivity contribution in [2.45, 2.75) is 52.0 Å². The van der Waals surface area contributed by atoms with Crippen molar-refractivity contribution < 1.29 is 4.79 Å². The van der Waals surface area contributed by atoms with E-state index in [4.69, 9.17) is 0 Å². The summed E-state index contributed by atoms with van der Waals surface area (Å²) in [7, 11) is 0. The lowest BCUT2D eigenvalue weighted by Crippen LogP contribution is -2.64. The van der Waals surface area contributed by atoms with Gasteiger partial charge < -0.3 is 4.90 Å². The summed E-state index contributed by atoms with van der Waals surface area (Å²) in [5.41, 5.74) is 5.07. The molecule has 1 heterocycles. The van der Waals surface area contributed by atoms with Crippen LogP contribution >= 0.6 is 0 Å². The maximum atomic E-state index is 13.2. The number of rotatable bonds is 1. The average Bonchev–Trinajstić information content (AvgIpc) is 2.58. The Kier molecular flexibility index (Phi) is 3.57. The molecule has 1 fully saturated rings. The van der Waals surface area contributed by atoms with E-state index in [0.29, 0.717) is 0 Å². The van der Waals surface area contributed by atoms with Crippen molar-refractivity contribution >= 4 is 5.91 Å². The highest BCUT2D eigenvalue weighted by molar-refractivity contribution is 5.94. The maximum Gasteiger partial charge on any atom is 0.254 e. The second-order valence-corrected chi connectivity index (χ2v) is 8.55. The summed E-state index contributed by atoms with van der Waals surface area (Å²) in [5.74, 6) is 0.180. The van der Waals surface area contributed by atoms with Gasteiger partial charge >= 0.3 is 0 Å². The summed E-state index contributed by atoms with van der Waals surface area (Å²) in [4.78, 5) is 15.4. The third kappa shape index (κ3) is 2.27. The minimum atomic E-state index is 0.0555. The smallest absolute Gasteiger partial charge is 0.254 e. The van der Waals surface area contributed by atoms with Crippen LogP contribution in [0.3, 0.4) is 0 Å². The molecular weight excluding hydrogens is 306 g/mol. The first-order valence-corrected chi connectivity index (χ1v) is 9.30. The zero-order valence-electron chi connectivity index (χ0n) is 15.7. The molecule has 2 aliphatic rings. The van der Waals surface area contributed by atoms with Crippen molar-refractivity contribution in [2.24, 2.45) is 5.41 Å². The van der Waals surface area contributed by atoms with Gasteiger partial charge in [-0.15, -0.1) is 0 Å². The fourth-order valence-corrected chi connectivity index (χ4v) is 4.98. The highest BCUT2D eigenvalue weighted by Gasteiger charge is 2.56. The lowest BCUT2D eigenvalue weighted by Gasteiger charge is -2.60. The number of piperidine rings is 1. The topological polar surface area (TPSA) is 20.3 Å². The molecule has 130 valence electrons. The molecule has 0 N–H and O–H groups in total. The second-order valence-electron chi connectivity index (χ2n) is 8.55. The summed E-state index contributed by atoms with van der Waals surface area (Å²) in [6, 6.07) is 17.1. The van der Waals surface area contributed by atoms with Gasteiger partial charge in [-0.1, -0.05) is 62.7 Å². The van der Waals surface area contributed by atoms with Gasteiger partial charge in [0.15, 0.2) is 0 Å². The van der Waals surface area contributed by atoms with E-state index in [1.54, 1.807) is 0 Å². The van der Waals surface area contributed by atoms with Crippen LogP contribution in [0, 0.1) is 12.3 Å². The largest absolute Gasteiger partial charge is 0.335 e. The number of amides is 1. The zero-order chi connectivity index (χ0) is 17.8. The van der Waals surface area contributed by atoms with Crippen LogP contribution in [0.1, 0.15) is 54.2 Å². The number of carbonyl (C=O) groups excluding carboxylic acids is 1. The first kappa shape index (κ1) is 16.4. The fraction of sp³-hybridized carbons (Fsp3) is 0.435. The molecule has 2 aromatic rings. The standard InChI is InChI=1S/C23H27NO/c1-16-9-11-17(12-10-16)21(25)24-14-13-23(4)19-8-6-5-7-18(19)15-20(24)22(23,2)3/h5-12,20H,13-15H2,1-4H3/t20-,23+/m1/s1. The Morgan fingerprint density at radius 2 is 1.72 bits per heavy atom. The minimum absolute atomic E-state index is 0.0555. The minimum Gasteiger partial charge on any atom is -0.335 e. The average molecular weight is 333 g/mol. The molecule has 2 bridgehead atoms. The lowest BCUT2D eigenvalue weighted by molar-refractivity contribution is -0.0262. The van der Waals surface area contributed by atoms with Gasteiger partial charge in [-0.25, -0.2) is 0 Å². The number of carbonyl (C=O) groups is 1. The first-order valence-electron chi connectivity index (χ1n) is 9.30. The van der Waals surface area contributed by atoms with E-state index in [9.17, 15) is 4.79 Å². The summed E-state index contributed by atoms with van der Waals surface area (Å²) < 4.78 is 0. The van der Waals surface area contributed by atoms with Crippen molar-refractivity contribution in [3.8, 4) is 0 Å². The van der Waals surface area contributed by atoms with Crippen LogP contribution in [0.25, 0.3) is 0 Å². The first-order chi connectivity index (χ1) is 11.8. The SMILES string of the molecule is Cc1ccc(C(=O)N2CC[C@@]3(C)c4ccccc4C[C@@H]2C3(C)C)cc1. The van der Waals surface area contributed by atoms with Gasteiger partial charge in [0.05, 0.1) is 0 Å². The van der Waals surface area contributed by atoms with E-state index < -0.39 is 0 Å². The Morgan fingerprint density at radius 1 is 1.04 bits per heavy atom. The third-order valence-corrected chi connectivity index (χ3v) is 7.07. The van der Waals surface area contributed by atoms with E-state index in [-0.39, 0.29) is 22.8 Å². The van der Waals surface area contributed by atoms with Gasteiger partial charge in [-0.05, 0) is 48.4 Å². The molecule has 25 heavy (non-hydrogen) atoms. The molecule has 1 aliphatic carbocycles. The van der Waals surface area contributed by atoms with E-state index >= 15 is 0 Å². The summed E-state index contributed by atoms with van der Waals surface area (Å²) in [6.07, 6.45) is 1.97. The predicted molar refractivity (Wildman–Crippen MR) is 102 cm³/mol. The van der Waals surface area contributed by atoms with Crippen molar-refractivity contribution in [3.63, 3.8) is 0 Å². The number of fused-ring (bicyclic) bond motifs is 4. The van der Waals surface area contributed by atoms with Gasteiger partial charge in [0.2, 0.25) is 0 Å². The molecule has 1 aliphatic heterocycles. The molecule has 0 unspecified atom stereocenters. The van der Waals surface area contributed by atoms with Crippen molar-refractivity contribution in [2.75, 3.05) is 6.54 Å². The van der Waals surface area contributed by atoms with Crippen molar-refractivity contribution in [3.05, 3.63) is 70.8 Å². The molecule has 0 saturated carbocycles. The van der Waals surface area contributed by atoms with Crippen molar-refractivity contribution in [1.82, 2.24) is 4.90 Å². The Morgan fingerprint density at radius 3 is 2.44 bits per heavy atom. The zero-order valence-corrected chi connectivity index (χ0v) is 15.7. The molecule has 4 rings (SSSR count). The Hall–Kier alpha value is -2.09. The fourth-order valence-electron chi connectivity index (χ4n) is 4.98.